The second-order valence-corrected chi connectivity index (χ2v) is 7.36. The van der Waals surface area contributed by atoms with Gasteiger partial charge in [-0.15, -0.1) is 24.0 Å². The molecule has 0 amide bonds. The summed E-state index contributed by atoms with van der Waals surface area (Å²) in [6.07, 6.45) is 1.11. The van der Waals surface area contributed by atoms with Gasteiger partial charge in [-0.25, -0.2) is 14.7 Å². The largest absolute Gasteiger partial charge is 0.469 e. The number of benzene rings is 1. The monoisotopic (exact) mass is 560 g/mol. The molecule has 0 saturated carbocycles. The summed E-state index contributed by atoms with van der Waals surface area (Å²) in [7, 11) is 0. The lowest BCUT2D eigenvalue weighted by Crippen LogP contribution is -2.47. The fourth-order valence-electron chi connectivity index (χ4n) is 3.48. The van der Waals surface area contributed by atoms with Gasteiger partial charge in [0.1, 0.15) is 17.9 Å². The summed E-state index contributed by atoms with van der Waals surface area (Å²) in [5.74, 6) is 2.33. The number of fused-ring (bicyclic) bond motifs is 1. The Balaban J connectivity index is 0.00000289. The molecule has 1 aliphatic heterocycles. The molecular weight excluding hydrogens is 536 g/mol. The van der Waals surface area contributed by atoms with E-state index in [0.717, 1.165) is 36.6 Å². The lowest BCUT2D eigenvalue weighted by atomic mass is 10.1. The number of aliphatic imine (C=N–C) groups is 1. The Hall–Kier alpha value is -2.57. The van der Waals surface area contributed by atoms with E-state index in [1.54, 1.807) is 18.7 Å². The third kappa shape index (κ3) is 6.47. The minimum atomic E-state index is -4.38. The summed E-state index contributed by atoms with van der Waals surface area (Å²) in [6, 6.07) is 9.04. The average molecular weight is 560 g/mol. The highest BCUT2D eigenvalue weighted by atomic mass is 127. The molecule has 1 unspecified atom stereocenters. The maximum Gasteiger partial charge on any atom is 0.416 e. The molecule has 3 heterocycles. The third-order valence-electron chi connectivity index (χ3n) is 5.06. The molecule has 172 valence electrons. The van der Waals surface area contributed by atoms with E-state index in [-0.39, 0.29) is 36.6 Å². The summed E-state index contributed by atoms with van der Waals surface area (Å²) in [5.41, 5.74) is -0.185. The molecule has 4 rings (SSSR count). The predicted molar refractivity (Wildman–Crippen MR) is 124 cm³/mol. The van der Waals surface area contributed by atoms with Crippen LogP contribution in [-0.2, 0) is 32.1 Å². The topological polar surface area (TPSA) is 80.3 Å². The van der Waals surface area contributed by atoms with Gasteiger partial charge in [0.15, 0.2) is 5.96 Å². The molecule has 0 aliphatic carbocycles. The normalized spacial score (nSPS) is 16.2. The number of aryl methyl sites for hydroxylation is 1. The number of furan rings is 1. The van der Waals surface area contributed by atoms with Crippen LogP contribution in [0.5, 0.6) is 0 Å². The number of nitrogens with zero attached hydrogens (tertiary/aromatic N) is 4. The summed E-state index contributed by atoms with van der Waals surface area (Å²) >= 11 is 0. The molecule has 0 fully saturated rings. The van der Waals surface area contributed by atoms with Gasteiger partial charge < -0.3 is 15.1 Å². The van der Waals surface area contributed by atoms with Crippen LogP contribution < -0.4 is 10.6 Å². The molecule has 0 saturated heterocycles. The molecule has 1 aromatic carbocycles. The zero-order valence-corrected chi connectivity index (χ0v) is 19.5. The van der Waals surface area contributed by atoms with Crippen LogP contribution in [0.25, 0.3) is 0 Å². The fourth-order valence-corrected chi connectivity index (χ4v) is 3.48. The molecule has 1 aliphatic rings. The number of hydrogen-bond donors (Lipinski definition) is 2. The van der Waals surface area contributed by atoms with E-state index in [4.69, 9.17) is 4.42 Å². The van der Waals surface area contributed by atoms with Gasteiger partial charge >= 0.3 is 6.18 Å². The third-order valence-corrected chi connectivity index (χ3v) is 5.06. The molecule has 32 heavy (non-hydrogen) atoms. The van der Waals surface area contributed by atoms with E-state index in [9.17, 15) is 13.2 Å². The Bertz CT molecular complexity index is 1020. The standard InChI is InChI=1S/C21H23F3N6O.HI/c22-21(23,24)16-4-1-3-15(11-16)12-26-20(25-9-8-18-5-2-10-31-18)29-17-6-7-19-27-14-28-30(19)13-17;/h1-5,10-11,14,17H,6-9,12-13H2,(H2,25,26,29);1H. The minimum absolute atomic E-state index is 0. The molecule has 1 atom stereocenters. The highest BCUT2D eigenvalue weighted by Gasteiger charge is 2.30. The highest BCUT2D eigenvalue weighted by Crippen LogP contribution is 2.29. The van der Waals surface area contributed by atoms with E-state index < -0.39 is 11.7 Å². The number of nitrogens with one attached hydrogen (secondary N) is 2. The molecular formula is C21H24F3IN6O. The summed E-state index contributed by atoms with van der Waals surface area (Å²) in [4.78, 5) is 8.75. The lowest BCUT2D eigenvalue weighted by molar-refractivity contribution is -0.137. The number of hydrogen-bond acceptors (Lipinski definition) is 4. The van der Waals surface area contributed by atoms with Crippen molar-refractivity contribution in [3.63, 3.8) is 0 Å². The van der Waals surface area contributed by atoms with Gasteiger partial charge in [0.2, 0.25) is 0 Å². The first-order valence-corrected chi connectivity index (χ1v) is 10.1. The van der Waals surface area contributed by atoms with Crippen molar-refractivity contribution < 1.29 is 17.6 Å². The van der Waals surface area contributed by atoms with Gasteiger partial charge in [-0.1, -0.05) is 12.1 Å². The van der Waals surface area contributed by atoms with Crippen LogP contribution in [0.15, 0.2) is 58.4 Å². The van der Waals surface area contributed by atoms with Crippen molar-refractivity contribution in [2.75, 3.05) is 6.54 Å². The van der Waals surface area contributed by atoms with Crippen molar-refractivity contribution in [3.05, 3.63) is 71.7 Å². The smallest absolute Gasteiger partial charge is 0.416 e. The first kappa shape index (κ1) is 24.1. The van der Waals surface area contributed by atoms with Crippen LogP contribution in [0.4, 0.5) is 13.2 Å². The SMILES string of the molecule is FC(F)(F)c1cccc(CN=C(NCCc2ccco2)NC2CCc3ncnn3C2)c1.I. The van der Waals surface area contributed by atoms with Crippen molar-refractivity contribution in [1.82, 2.24) is 25.4 Å². The quantitative estimate of drug-likeness (QED) is 0.273. The van der Waals surface area contributed by atoms with Crippen LogP contribution in [-0.4, -0.2) is 33.3 Å². The second-order valence-electron chi connectivity index (χ2n) is 7.36. The van der Waals surface area contributed by atoms with Crippen LogP contribution in [0.3, 0.4) is 0 Å². The van der Waals surface area contributed by atoms with Crippen LogP contribution in [0.2, 0.25) is 0 Å². The maximum atomic E-state index is 13.0. The minimum Gasteiger partial charge on any atom is -0.469 e. The fraction of sp³-hybridized carbons (Fsp3) is 0.381. The van der Waals surface area contributed by atoms with Crippen LogP contribution >= 0.6 is 24.0 Å². The predicted octanol–water partition coefficient (Wildman–Crippen LogP) is 3.80. The van der Waals surface area contributed by atoms with Gasteiger partial charge in [-0.05, 0) is 36.2 Å². The van der Waals surface area contributed by atoms with Crippen molar-refractivity contribution in [1.29, 1.82) is 0 Å². The second kappa shape index (κ2) is 10.8. The van der Waals surface area contributed by atoms with E-state index in [0.29, 0.717) is 31.0 Å². The van der Waals surface area contributed by atoms with E-state index in [2.05, 4.69) is 25.7 Å². The summed E-state index contributed by atoms with van der Waals surface area (Å²) in [6.45, 7) is 1.35. The Kier molecular flexibility index (Phi) is 8.15. The van der Waals surface area contributed by atoms with Gasteiger partial charge in [0.25, 0.3) is 0 Å². The zero-order valence-electron chi connectivity index (χ0n) is 17.2. The number of rotatable bonds is 6. The molecule has 2 N–H and O–H groups in total. The summed E-state index contributed by atoms with van der Waals surface area (Å²) in [5, 5.41) is 10.9. The molecule has 11 heteroatoms. The molecule has 7 nitrogen and oxygen atoms in total. The van der Waals surface area contributed by atoms with Gasteiger partial charge in [-0.3, -0.25) is 0 Å². The Morgan fingerprint density at radius 1 is 1.25 bits per heavy atom. The van der Waals surface area contributed by atoms with Crippen molar-refractivity contribution >= 4 is 29.9 Å². The number of aromatic nitrogens is 3. The first-order chi connectivity index (χ1) is 15.0. The maximum absolute atomic E-state index is 13.0. The summed E-state index contributed by atoms with van der Waals surface area (Å²) < 4.78 is 46.2. The van der Waals surface area contributed by atoms with Crippen molar-refractivity contribution in [2.24, 2.45) is 4.99 Å². The Morgan fingerprint density at radius 3 is 2.91 bits per heavy atom. The number of halogens is 4. The molecule has 0 bridgehead atoms. The Labute approximate surface area is 200 Å². The van der Waals surface area contributed by atoms with Crippen LogP contribution in [0.1, 0.15) is 29.1 Å². The molecule has 0 radical (unpaired) electrons. The van der Waals surface area contributed by atoms with Crippen molar-refractivity contribution in [2.45, 2.75) is 44.6 Å². The van der Waals surface area contributed by atoms with Crippen LogP contribution in [0, 0.1) is 0 Å². The Morgan fingerprint density at radius 2 is 2.12 bits per heavy atom. The lowest BCUT2D eigenvalue weighted by Gasteiger charge is -2.25. The average Bonchev–Trinajstić information content (AvgIpc) is 3.43. The molecule has 3 aromatic rings. The van der Waals surface area contributed by atoms with Gasteiger partial charge in [0.05, 0.1) is 24.9 Å². The van der Waals surface area contributed by atoms with Gasteiger partial charge in [-0.2, -0.15) is 18.3 Å². The molecule has 2 aromatic heterocycles. The number of alkyl halides is 3. The first-order valence-electron chi connectivity index (χ1n) is 10.1. The highest BCUT2D eigenvalue weighted by molar-refractivity contribution is 14.0. The molecule has 0 spiro atoms. The van der Waals surface area contributed by atoms with E-state index >= 15 is 0 Å². The number of guanidine groups is 1. The zero-order chi connectivity index (χ0) is 21.7. The van der Waals surface area contributed by atoms with E-state index in [1.807, 2.05) is 16.8 Å². The van der Waals surface area contributed by atoms with Crippen molar-refractivity contribution in [3.8, 4) is 0 Å². The van der Waals surface area contributed by atoms with Gasteiger partial charge in [0, 0.05) is 25.4 Å². The van der Waals surface area contributed by atoms with E-state index in [1.165, 1.54) is 6.07 Å².